The average Bonchev–Trinajstić information content (AvgIpc) is 2.96. The van der Waals surface area contributed by atoms with Gasteiger partial charge in [-0.2, -0.15) is 5.10 Å². The van der Waals surface area contributed by atoms with Crippen LogP contribution in [0.1, 0.15) is 30.1 Å². The quantitative estimate of drug-likeness (QED) is 0.902. The molecule has 5 nitrogen and oxygen atoms in total. The van der Waals surface area contributed by atoms with Gasteiger partial charge in [0.2, 0.25) is 0 Å². The maximum atomic E-state index is 12.7. The van der Waals surface area contributed by atoms with Gasteiger partial charge in [0.1, 0.15) is 0 Å². The lowest BCUT2D eigenvalue weighted by Gasteiger charge is -2.36. The van der Waals surface area contributed by atoms with E-state index in [4.69, 9.17) is 28.9 Å². The van der Waals surface area contributed by atoms with Gasteiger partial charge in [-0.25, -0.2) is 4.68 Å². The van der Waals surface area contributed by atoms with Gasteiger partial charge in [0, 0.05) is 29.8 Å². The second-order valence-electron chi connectivity index (χ2n) is 5.90. The van der Waals surface area contributed by atoms with Crippen molar-refractivity contribution in [2.45, 2.75) is 31.8 Å². The number of likely N-dealkylation sites (tertiary alicyclic amines) is 1. The Kier molecular flexibility index (Phi) is 4.62. The van der Waals surface area contributed by atoms with Crippen molar-refractivity contribution in [1.29, 1.82) is 0 Å². The van der Waals surface area contributed by atoms with Crippen LogP contribution in [-0.4, -0.2) is 39.2 Å². The van der Waals surface area contributed by atoms with E-state index >= 15 is 0 Å². The summed E-state index contributed by atoms with van der Waals surface area (Å²) in [6, 6.07) is 5.46. The average molecular weight is 353 g/mol. The number of piperidine rings is 1. The normalized spacial score (nSPS) is 21.5. The molecule has 7 heteroatoms. The Balaban J connectivity index is 1.82. The third-order valence-corrected chi connectivity index (χ3v) is 4.70. The molecular weight excluding hydrogens is 335 g/mol. The Morgan fingerprint density at radius 1 is 1.39 bits per heavy atom. The molecule has 3 rings (SSSR count). The lowest BCUT2D eigenvalue weighted by Crippen LogP contribution is -2.48. The standard InChI is InChI=1S/C16H18Cl2N4O/c1-10-6-13(19)4-5-21(10)16(23)11-8-20-22(9-11)15-3-2-12(17)7-14(15)18/h2-3,7-10,13H,4-6,19H2,1H3/t10-,13-/m0/s1. The summed E-state index contributed by atoms with van der Waals surface area (Å²) in [5.41, 5.74) is 7.18. The molecule has 2 N–H and O–H groups in total. The van der Waals surface area contributed by atoms with E-state index in [0.29, 0.717) is 27.8 Å². The summed E-state index contributed by atoms with van der Waals surface area (Å²) in [6.07, 6.45) is 4.91. The number of aromatic nitrogens is 2. The van der Waals surface area contributed by atoms with Gasteiger partial charge in [0.25, 0.3) is 5.91 Å². The van der Waals surface area contributed by atoms with Crippen LogP contribution in [0.5, 0.6) is 0 Å². The molecule has 0 bridgehead atoms. The molecule has 1 amide bonds. The van der Waals surface area contributed by atoms with Gasteiger partial charge in [-0.1, -0.05) is 23.2 Å². The van der Waals surface area contributed by atoms with Crippen molar-refractivity contribution < 1.29 is 4.79 Å². The Bertz CT molecular complexity index is 731. The Morgan fingerprint density at radius 3 is 2.87 bits per heavy atom. The second kappa shape index (κ2) is 6.51. The van der Waals surface area contributed by atoms with Crippen LogP contribution in [0.4, 0.5) is 0 Å². The second-order valence-corrected chi connectivity index (χ2v) is 6.74. The van der Waals surface area contributed by atoms with Gasteiger partial charge < -0.3 is 10.6 Å². The number of hydrogen-bond donors (Lipinski definition) is 1. The number of nitrogens with two attached hydrogens (primary N) is 1. The van der Waals surface area contributed by atoms with Crippen LogP contribution in [-0.2, 0) is 0 Å². The van der Waals surface area contributed by atoms with Gasteiger partial charge in [-0.05, 0) is 38.0 Å². The van der Waals surface area contributed by atoms with Gasteiger partial charge in [0.15, 0.2) is 0 Å². The van der Waals surface area contributed by atoms with Crippen LogP contribution in [0.3, 0.4) is 0 Å². The lowest BCUT2D eigenvalue weighted by atomic mass is 9.98. The van der Waals surface area contributed by atoms with E-state index in [1.165, 1.54) is 0 Å². The number of carbonyl (C=O) groups is 1. The minimum absolute atomic E-state index is 0.0271. The predicted molar refractivity (Wildman–Crippen MR) is 91.3 cm³/mol. The molecule has 1 aliphatic rings. The molecule has 0 spiro atoms. The van der Waals surface area contributed by atoms with E-state index in [2.05, 4.69) is 5.10 Å². The van der Waals surface area contributed by atoms with E-state index in [9.17, 15) is 4.79 Å². The van der Waals surface area contributed by atoms with Crippen molar-refractivity contribution in [3.05, 3.63) is 46.2 Å². The summed E-state index contributed by atoms with van der Waals surface area (Å²) in [6.45, 7) is 2.70. The van der Waals surface area contributed by atoms with E-state index < -0.39 is 0 Å². The molecule has 0 unspecified atom stereocenters. The fourth-order valence-electron chi connectivity index (χ4n) is 2.91. The van der Waals surface area contributed by atoms with Crippen molar-refractivity contribution in [2.75, 3.05) is 6.54 Å². The van der Waals surface area contributed by atoms with Crippen molar-refractivity contribution in [1.82, 2.24) is 14.7 Å². The largest absolute Gasteiger partial charge is 0.336 e. The third-order valence-electron chi connectivity index (χ3n) is 4.16. The number of amides is 1. The third kappa shape index (κ3) is 3.37. The molecule has 1 aromatic carbocycles. The minimum atomic E-state index is -0.0271. The monoisotopic (exact) mass is 352 g/mol. The maximum Gasteiger partial charge on any atom is 0.257 e. The summed E-state index contributed by atoms with van der Waals surface area (Å²) in [4.78, 5) is 14.5. The number of hydrogen-bond acceptors (Lipinski definition) is 3. The fraction of sp³-hybridized carbons (Fsp3) is 0.375. The van der Waals surface area contributed by atoms with Crippen molar-refractivity contribution in [3.63, 3.8) is 0 Å². The maximum absolute atomic E-state index is 12.7. The molecule has 122 valence electrons. The first-order valence-corrected chi connectivity index (χ1v) is 8.28. The Morgan fingerprint density at radius 2 is 2.17 bits per heavy atom. The van der Waals surface area contributed by atoms with E-state index in [-0.39, 0.29) is 18.0 Å². The summed E-state index contributed by atoms with van der Waals surface area (Å²) >= 11 is 12.1. The zero-order valence-electron chi connectivity index (χ0n) is 12.7. The predicted octanol–water partition coefficient (Wildman–Crippen LogP) is 3.13. The number of carbonyl (C=O) groups excluding carboxylic acids is 1. The highest BCUT2D eigenvalue weighted by molar-refractivity contribution is 6.35. The highest BCUT2D eigenvalue weighted by atomic mass is 35.5. The van der Waals surface area contributed by atoms with Gasteiger partial charge in [0.05, 0.1) is 22.5 Å². The molecule has 2 atom stereocenters. The van der Waals surface area contributed by atoms with E-state index in [1.807, 2.05) is 11.8 Å². The first-order valence-electron chi connectivity index (χ1n) is 7.52. The highest BCUT2D eigenvalue weighted by Crippen LogP contribution is 2.25. The van der Waals surface area contributed by atoms with Crippen LogP contribution < -0.4 is 5.73 Å². The van der Waals surface area contributed by atoms with Crippen molar-refractivity contribution in [3.8, 4) is 5.69 Å². The topological polar surface area (TPSA) is 64.2 Å². The van der Waals surface area contributed by atoms with E-state index in [0.717, 1.165) is 12.8 Å². The van der Waals surface area contributed by atoms with Crippen LogP contribution in [0.15, 0.2) is 30.6 Å². The molecule has 1 fully saturated rings. The molecule has 0 aliphatic carbocycles. The molecule has 0 radical (unpaired) electrons. The summed E-state index contributed by atoms with van der Waals surface area (Å²) in [5.74, 6) is -0.0271. The van der Waals surface area contributed by atoms with Gasteiger partial charge in [-0.15, -0.1) is 0 Å². The summed E-state index contributed by atoms with van der Waals surface area (Å²) in [5, 5.41) is 5.29. The molecule has 0 saturated carbocycles. The number of benzene rings is 1. The first-order chi connectivity index (χ1) is 11.0. The Labute approximate surface area is 145 Å². The number of halogens is 2. The van der Waals surface area contributed by atoms with Crippen molar-refractivity contribution in [2.24, 2.45) is 5.73 Å². The minimum Gasteiger partial charge on any atom is -0.336 e. The molecule has 1 saturated heterocycles. The summed E-state index contributed by atoms with van der Waals surface area (Å²) in [7, 11) is 0. The van der Waals surface area contributed by atoms with Gasteiger partial charge >= 0.3 is 0 Å². The lowest BCUT2D eigenvalue weighted by molar-refractivity contribution is 0.0619. The van der Waals surface area contributed by atoms with Crippen molar-refractivity contribution >= 4 is 29.1 Å². The summed E-state index contributed by atoms with van der Waals surface area (Å²) < 4.78 is 1.59. The first kappa shape index (κ1) is 16.3. The molecular formula is C16H18Cl2N4O. The van der Waals surface area contributed by atoms with Crippen LogP contribution in [0.25, 0.3) is 5.69 Å². The van der Waals surface area contributed by atoms with Crippen LogP contribution >= 0.6 is 23.2 Å². The van der Waals surface area contributed by atoms with Crippen LogP contribution in [0.2, 0.25) is 10.0 Å². The molecule has 1 aromatic heterocycles. The SMILES string of the molecule is C[C@H]1C[C@@H](N)CCN1C(=O)c1cnn(-c2ccc(Cl)cc2Cl)c1. The molecule has 1 aliphatic heterocycles. The Hall–Kier alpha value is -1.56. The highest BCUT2D eigenvalue weighted by Gasteiger charge is 2.28. The zero-order valence-corrected chi connectivity index (χ0v) is 14.3. The molecule has 2 heterocycles. The fourth-order valence-corrected chi connectivity index (χ4v) is 3.40. The smallest absolute Gasteiger partial charge is 0.257 e. The zero-order chi connectivity index (χ0) is 16.6. The number of nitrogens with zero attached hydrogens (tertiary/aromatic N) is 3. The van der Waals surface area contributed by atoms with Gasteiger partial charge in [-0.3, -0.25) is 4.79 Å². The van der Waals surface area contributed by atoms with Crippen LogP contribution in [0, 0.1) is 0 Å². The number of rotatable bonds is 2. The molecule has 23 heavy (non-hydrogen) atoms. The molecule has 2 aromatic rings. The van der Waals surface area contributed by atoms with E-state index in [1.54, 1.807) is 35.3 Å².